The maximum absolute atomic E-state index is 10.7. The standard InChI is InChI=1S/C14H14O2S/c1-16-9-8-11-4-2-3-5-13(11)14-7-6-12(10-15)17-14/h2-7,10H,8-9H2,1H3. The van der Waals surface area contributed by atoms with Crippen molar-refractivity contribution in [3.05, 3.63) is 46.8 Å². The summed E-state index contributed by atoms with van der Waals surface area (Å²) in [5, 5.41) is 0. The van der Waals surface area contributed by atoms with Crippen molar-refractivity contribution in [2.75, 3.05) is 13.7 Å². The van der Waals surface area contributed by atoms with Crippen LogP contribution in [0.15, 0.2) is 36.4 Å². The summed E-state index contributed by atoms with van der Waals surface area (Å²) in [6.07, 6.45) is 1.78. The first-order valence-corrected chi connectivity index (χ1v) is 6.29. The molecule has 0 atom stereocenters. The van der Waals surface area contributed by atoms with Crippen molar-refractivity contribution in [3.63, 3.8) is 0 Å². The number of hydrogen-bond acceptors (Lipinski definition) is 3. The van der Waals surface area contributed by atoms with Crippen LogP contribution in [-0.2, 0) is 11.2 Å². The number of aldehydes is 1. The Hall–Kier alpha value is -1.45. The molecule has 1 heterocycles. The quantitative estimate of drug-likeness (QED) is 0.756. The number of carbonyl (C=O) groups is 1. The SMILES string of the molecule is COCCc1ccccc1-c1ccc(C=O)s1. The van der Waals surface area contributed by atoms with Gasteiger partial charge in [0.05, 0.1) is 11.5 Å². The first-order chi connectivity index (χ1) is 8.35. The van der Waals surface area contributed by atoms with E-state index in [1.54, 1.807) is 7.11 Å². The number of thiophene rings is 1. The van der Waals surface area contributed by atoms with E-state index in [-0.39, 0.29) is 0 Å². The minimum atomic E-state index is 0.711. The molecule has 0 bridgehead atoms. The van der Waals surface area contributed by atoms with Gasteiger partial charge in [0.2, 0.25) is 0 Å². The fourth-order valence-electron chi connectivity index (χ4n) is 1.75. The van der Waals surface area contributed by atoms with Crippen LogP contribution < -0.4 is 0 Å². The summed E-state index contributed by atoms with van der Waals surface area (Å²) in [4.78, 5) is 12.6. The van der Waals surface area contributed by atoms with Gasteiger partial charge >= 0.3 is 0 Å². The van der Waals surface area contributed by atoms with E-state index in [4.69, 9.17) is 4.74 Å². The van der Waals surface area contributed by atoms with Crippen LogP contribution >= 0.6 is 11.3 Å². The third-order valence-corrected chi connectivity index (χ3v) is 3.65. The van der Waals surface area contributed by atoms with Crippen molar-refractivity contribution in [2.45, 2.75) is 6.42 Å². The van der Waals surface area contributed by atoms with E-state index in [0.29, 0.717) is 6.61 Å². The average Bonchev–Trinajstić information content (AvgIpc) is 2.85. The summed E-state index contributed by atoms with van der Waals surface area (Å²) in [5.74, 6) is 0. The lowest BCUT2D eigenvalue weighted by molar-refractivity contribution is 0.112. The average molecular weight is 246 g/mol. The highest BCUT2D eigenvalue weighted by atomic mass is 32.1. The lowest BCUT2D eigenvalue weighted by Gasteiger charge is -2.06. The third-order valence-electron chi connectivity index (χ3n) is 2.60. The van der Waals surface area contributed by atoms with Gasteiger partial charge in [0.1, 0.15) is 0 Å². The van der Waals surface area contributed by atoms with Crippen LogP contribution in [0.5, 0.6) is 0 Å². The van der Waals surface area contributed by atoms with E-state index in [0.717, 1.165) is 22.5 Å². The second kappa shape index (κ2) is 5.75. The van der Waals surface area contributed by atoms with Crippen LogP contribution in [0.1, 0.15) is 15.2 Å². The van der Waals surface area contributed by atoms with Gasteiger partial charge in [-0.05, 0) is 29.7 Å². The number of methoxy groups -OCH3 is 1. The Morgan fingerprint density at radius 1 is 1.24 bits per heavy atom. The minimum absolute atomic E-state index is 0.711. The number of ether oxygens (including phenoxy) is 1. The van der Waals surface area contributed by atoms with E-state index in [1.165, 1.54) is 22.5 Å². The van der Waals surface area contributed by atoms with E-state index in [2.05, 4.69) is 12.1 Å². The number of rotatable bonds is 5. The normalized spacial score (nSPS) is 10.4. The second-order valence-corrected chi connectivity index (χ2v) is 4.84. The summed E-state index contributed by atoms with van der Waals surface area (Å²) in [6.45, 7) is 0.711. The first kappa shape index (κ1) is 12.0. The molecule has 2 rings (SSSR count). The van der Waals surface area contributed by atoms with Gasteiger partial charge in [0.15, 0.2) is 6.29 Å². The van der Waals surface area contributed by atoms with Crippen LogP contribution in [0.3, 0.4) is 0 Å². The molecular weight excluding hydrogens is 232 g/mol. The van der Waals surface area contributed by atoms with Gasteiger partial charge in [-0.2, -0.15) is 0 Å². The molecule has 0 aliphatic carbocycles. The van der Waals surface area contributed by atoms with Crippen LogP contribution in [0.25, 0.3) is 10.4 Å². The molecule has 0 unspecified atom stereocenters. The zero-order valence-corrected chi connectivity index (χ0v) is 10.5. The zero-order valence-electron chi connectivity index (χ0n) is 9.68. The number of benzene rings is 1. The van der Waals surface area contributed by atoms with Crippen LogP contribution in [-0.4, -0.2) is 20.0 Å². The molecule has 88 valence electrons. The van der Waals surface area contributed by atoms with Crippen LogP contribution in [0.4, 0.5) is 0 Å². The van der Waals surface area contributed by atoms with Gasteiger partial charge in [-0.15, -0.1) is 11.3 Å². The lowest BCUT2D eigenvalue weighted by Crippen LogP contribution is -1.96. The maximum atomic E-state index is 10.7. The van der Waals surface area contributed by atoms with Crippen molar-refractivity contribution in [2.24, 2.45) is 0 Å². The van der Waals surface area contributed by atoms with E-state index >= 15 is 0 Å². The Morgan fingerprint density at radius 3 is 2.76 bits per heavy atom. The lowest BCUT2D eigenvalue weighted by atomic mass is 10.0. The Labute approximate surface area is 105 Å². The first-order valence-electron chi connectivity index (χ1n) is 5.47. The maximum Gasteiger partial charge on any atom is 0.160 e. The topological polar surface area (TPSA) is 26.3 Å². The summed E-state index contributed by atoms with van der Waals surface area (Å²) in [5.41, 5.74) is 2.45. The Kier molecular flexibility index (Phi) is 4.07. The molecule has 1 aromatic heterocycles. The highest BCUT2D eigenvalue weighted by Gasteiger charge is 2.07. The number of carbonyl (C=O) groups excluding carboxylic acids is 1. The third kappa shape index (κ3) is 2.81. The van der Waals surface area contributed by atoms with Gasteiger partial charge in [0, 0.05) is 12.0 Å². The molecule has 0 amide bonds. The molecule has 0 fully saturated rings. The highest BCUT2D eigenvalue weighted by Crippen LogP contribution is 2.30. The van der Waals surface area contributed by atoms with Crippen LogP contribution in [0.2, 0.25) is 0 Å². The molecule has 2 nitrogen and oxygen atoms in total. The second-order valence-electron chi connectivity index (χ2n) is 3.72. The molecule has 3 heteroatoms. The van der Waals surface area contributed by atoms with Gasteiger partial charge in [-0.25, -0.2) is 0 Å². The Morgan fingerprint density at radius 2 is 2.06 bits per heavy atom. The predicted octanol–water partition coefficient (Wildman–Crippen LogP) is 3.42. The van der Waals surface area contributed by atoms with E-state index < -0.39 is 0 Å². The Balaban J connectivity index is 2.33. The van der Waals surface area contributed by atoms with Crippen LogP contribution in [0, 0.1) is 0 Å². The minimum Gasteiger partial charge on any atom is -0.384 e. The summed E-state index contributed by atoms with van der Waals surface area (Å²) < 4.78 is 5.11. The molecule has 0 radical (unpaired) electrons. The van der Waals surface area contributed by atoms with E-state index in [9.17, 15) is 4.79 Å². The van der Waals surface area contributed by atoms with Crippen molar-refractivity contribution in [3.8, 4) is 10.4 Å². The number of hydrogen-bond donors (Lipinski definition) is 0. The molecule has 0 saturated carbocycles. The molecular formula is C14H14O2S. The summed E-state index contributed by atoms with van der Waals surface area (Å²) in [6, 6.07) is 12.1. The molecule has 1 aromatic carbocycles. The highest BCUT2D eigenvalue weighted by molar-refractivity contribution is 7.17. The van der Waals surface area contributed by atoms with Gasteiger partial charge in [0.25, 0.3) is 0 Å². The van der Waals surface area contributed by atoms with E-state index in [1.807, 2.05) is 24.3 Å². The predicted molar refractivity (Wildman–Crippen MR) is 70.7 cm³/mol. The molecule has 0 N–H and O–H groups in total. The van der Waals surface area contributed by atoms with Crippen molar-refractivity contribution >= 4 is 17.6 Å². The Bertz CT molecular complexity index is 502. The summed E-state index contributed by atoms with van der Waals surface area (Å²) in [7, 11) is 1.71. The van der Waals surface area contributed by atoms with Gasteiger partial charge < -0.3 is 4.74 Å². The molecule has 0 aliphatic heterocycles. The molecule has 0 saturated heterocycles. The largest absolute Gasteiger partial charge is 0.384 e. The van der Waals surface area contributed by atoms with Crippen molar-refractivity contribution in [1.29, 1.82) is 0 Å². The smallest absolute Gasteiger partial charge is 0.160 e. The fourth-order valence-corrected chi connectivity index (χ4v) is 2.63. The van der Waals surface area contributed by atoms with Crippen molar-refractivity contribution < 1.29 is 9.53 Å². The van der Waals surface area contributed by atoms with Crippen molar-refractivity contribution in [1.82, 2.24) is 0 Å². The molecule has 17 heavy (non-hydrogen) atoms. The van der Waals surface area contributed by atoms with Gasteiger partial charge in [-0.3, -0.25) is 4.79 Å². The monoisotopic (exact) mass is 246 g/mol. The molecule has 0 aliphatic rings. The molecule has 0 spiro atoms. The fraction of sp³-hybridized carbons (Fsp3) is 0.214. The molecule has 2 aromatic rings. The zero-order chi connectivity index (χ0) is 12.1. The summed E-state index contributed by atoms with van der Waals surface area (Å²) >= 11 is 1.52. The van der Waals surface area contributed by atoms with Gasteiger partial charge in [-0.1, -0.05) is 24.3 Å².